The van der Waals surface area contributed by atoms with E-state index < -0.39 is 0 Å². The molecule has 27 heavy (non-hydrogen) atoms. The smallest absolute Gasteiger partial charge is 0.160 e. The molecule has 0 atom stereocenters. The van der Waals surface area contributed by atoms with Crippen molar-refractivity contribution < 1.29 is 0 Å². The summed E-state index contributed by atoms with van der Waals surface area (Å²) in [5, 5.41) is 4.96. The number of aromatic nitrogens is 2. The largest absolute Gasteiger partial charge is 0.233 e. The van der Waals surface area contributed by atoms with Crippen LogP contribution in [0.25, 0.3) is 44.2 Å². The van der Waals surface area contributed by atoms with E-state index in [-0.39, 0.29) is 0 Å². The SMILES string of the molecule is Cc1cc(-c2cc3ccccc3c3ccccc23)nc(-c2ccccc2)n1. The van der Waals surface area contributed by atoms with Crippen molar-refractivity contribution in [3.05, 3.63) is 96.7 Å². The van der Waals surface area contributed by atoms with Crippen LogP contribution in [0, 0.1) is 6.92 Å². The van der Waals surface area contributed by atoms with E-state index in [2.05, 4.69) is 77.8 Å². The molecule has 0 saturated heterocycles. The van der Waals surface area contributed by atoms with E-state index in [1.807, 2.05) is 25.1 Å². The van der Waals surface area contributed by atoms with Gasteiger partial charge in [0.1, 0.15) is 0 Å². The molecule has 4 aromatic carbocycles. The molecule has 0 aliphatic heterocycles. The minimum atomic E-state index is 0.767. The molecule has 0 bridgehead atoms. The molecule has 5 aromatic rings. The highest BCUT2D eigenvalue weighted by Gasteiger charge is 2.12. The fraction of sp³-hybridized carbons (Fsp3) is 0.0400. The van der Waals surface area contributed by atoms with Crippen LogP contribution in [0.5, 0.6) is 0 Å². The van der Waals surface area contributed by atoms with Gasteiger partial charge < -0.3 is 0 Å². The summed E-state index contributed by atoms with van der Waals surface area (Å²) in [6, 6.07) is 31.6. The normalized spacial score (nSPS) is 11.1. The molecule has 1 heterocycles. The lowest BCUT2D eigenvalue weighted by Crippen LogP contribution is -1.96. The van der Waals surface area contributed by atoms with Crippen molar-refractivity contribution in [1.29, 1.82) is 0 Å². The summed E-state index contributed by atoms with van der Waals surface area (Å²) >= 11 is 0. The van der Waals surface area contributed by atoms with Gasteiger partial charge in [-0.15, -0.1) is 0 Å². The Kier molecular flexibility index (Phi) is 3.68. The van der Waals surface area contributed by atoms with Crippen molar-refractivity contribution >= 4 is 21.5 Å². The van der Waals surface area contributed by atoms with Crippen molar-refractivity contribution in [2.75, 3.05) is 0 Å². The number of nitrogens with zero attached hydrogens (tertiary/aromatic N) is 2. The molecule has 0 N–H and O–H groups in total. The lowest BCUT2D eigenvalue weighted by molar-refractivity contribution is 1.12. The minimum absolute atomic E-state index is 0.767. The van der Waals surface area contributed by atoms with Crippen LogP contribution in [-0.2, 0) is 0 Å². The van der Waals surface area contributed by atoms with Crippen LogP contribution < -0.4 is 0 Å². The molecular formula is C25H18N2. The molecule has 0 aliphatic rings. The van der Waals surface area contributed by atoms with Crippen molar-refractivity contribution in [2.24, 2.45) is 0 Å². The third-order valence-corrected chi connectivity index (χ3v) is 4.93. The number of aryl methyl sites for hydroxylation is 1. The molecule has 0 amide bonds. The van der Waals surface area contributed by atoms with E-state index in [0.717, 1.165) is 28.3 Å². The molecule has 2 heteroatoms. The highest BCUT2D eigenvalue weighted by Crippen LogP contribution is 2.34. The Morgan fingerprint density at radius 1 is 0.593 bits per heavy atom. The zero-order valence-electron chi connectivity index (χ0n) is 15.1. The first-order chi connectivity index (χ1) is 13.3. The van der Waals surface area contributed by atoms with Gasteiger partial charge in [-0.2, -0.15) is 0 Å². The third-order valence-electron chi connectivity index (χ3n) is 4.93. The van der Waals surface area contributed by atoms with Gasteiger partial charge in [0.15, 0.2) is 5.82 Å². The third kappa shape index (κ3) is 2.76. The molecule has 5 rings (SSSR count). The Morgan fingerprint density at radius 2 is 1.26 bits per heavy atom. The number of hydrogen-bond donors (Lipinski definition) is 0. The number of hydrogen-bond acceptors (Lipinski definition) is 2. The van der Waals surface area contributed by atoms with E-state index in [1.54, 1.807) is 0 Å². The maximum atomic E-state index is 4.92. The maximum absolute atomic E-state index is 4.92. The van der Waals surface area contributed by atoms with Crippen LogP contribution in [0.15, 0.2) is 91.0 Å². The van der Waals surface area contributed by atoms with Gasteiger partial charge in [-0.1, -0.05) is 78.9 Å². The molecule has 0 unspecified atom stereocenters. The predicted octanol–water partition coefficient (Wildman–Crippen LogP) is 6.43. The highest BCUT2D eigenvalue weighted by molar-refractivity contribution is 6.13. The van der Waals surface area contributed by atoms with Gasteiger partial charge >= 0.3 is 0 Å². The quantitative estimate of drug-likeness (QED) is 0.344. The van der Waals surface area contributed by atoms with E-state index in [0.29, 0.717) is 0 Å². The summed E-state index contributed by atoms with van der Waals surface area (Å²) in [7, 11) is 0. The molecule has 128 valence electrons. The Morgan fingerprint density at radius 3 is 2.07 bits per heavy atom. The first-order valence-corrected chi connectivity index (χ1v) is 9.11. The molecule has 1 aromatic heterocycles. The monoisotopic (exact) mass is 346 g/mol. The first-order valence-electron chi connectivity index (χ1n) is 9.11. The topological polar surface area (TPSA) is 25.8 Å². The fourth-order valence-corrected chi connectivity index (χ4v) is 3.69. The summed E-state index contributed by atoms with van der Waals surface area (Å²) in [5.41, 5.74) is 4.11. The van der Waals surface area contributed by atoms with Gasteiger partial charge in [0.05, 0.1) is 5.69 Å². The summed E-state index contributed by atoms with van der Waals surface area (Å²) in [6.07, 6.45) is 0. The van der Waals surface area contributed by atoms with Crippen molar-refractivity contribution in [1.82, 2.24) is 9.97 Å². The Balaban J connectivity index is 1.82. The first kappa shape index (κ1) is 15.7. The molecular weight excluding hydrogens is 328 g/mol. The lowest BCUT2D eigenvalue weighted by Gasteiger charge is -2.12. The second kappa shape index (κ2) is 6.33. The van der Waals surface area contributed by atoms with Crippen LogP contribution in [0.2, 0.25) is 0 Å². The summed E-state index contributed by atoms with van der Waals surface area (Å²) in [5.74, 6) is 0.767. The molecule has 0 saturated carbocycles. The van der Waals surface area contributed by atoms with E-state index in [4.69, 9.17) is 4.98 Å². The second-order valence-electron chi connectivity index (χ2n) is 6.78. The van der Waals surface area contributed by atoms with Crippen molar-refractivity contribution in [3.8, 4) is 22.6 Å². The van der Waals surface area contributed by atoms with Crippen LogP contribution in [0.1, 0.15) is 5.69 Å². The summed E-state index contributed by atoms with van der Waals surface area (Å²) < 4.78 is 0. The minimum Gasteiger partial charge on any atom is -0.233 e. The second-order valence-corrected chi connectivity index (χ2v) is 6.78. The molecule has 0 aliphatic carbocycles. The van der Waals surface area contributed by atoms with Gasteiger partial charge in [0, 0.05) is 16.8 Å². The van der Waals surface area contributed by atoms with Crippen LogP contribution in [0.3, 0.4) is 0 Å². The standard InChI is InChI=1S/C25H18N2/c1-17-15-24(27-25(26-17)18-9-3-2-4-10-18)23-16-19-11-5-6-12-20(19)21-13-7-8-14-22(21)23/h2-16H,1H3. The van der Waals surface area contributed by atoms with Crippen molar-refractivity contribution in [3.63, 3.8) is 0 Å². The Hall–Kier alpha value is -3.52. The average Bonchev–Trinajstić information content (AvgIpc) is 2.73. The molecule has 0 radical (unpaired) electrons. The average molecular weight is 346 g/mol. The van der Waals surface area contributed by atoms with E-state index in [9.17, 15) is 0 Å². The molecule has 0 spiro atoms. The molecule has 2 nitrogen and oxygen atoms in total. The number of benzene rings is 4. The Bertz CT molecular complexity index is 1270. The number of rotatable bonds is 2. The zero-order chi connectivity index (χ0) is 18.2. The lowest BCUT2D eigenvalue weighted by atomic mass is 9.95. The van der Waals surface area contributed by atoms with Gasteiger partial charge in [-0.3, -0.25) is 0 Å². The highest BCUT2D eigenvalue weighted by atomic mass is 14.9. The zero-order valence-corrected chi connectivity index (χ0v) is 15.1. The summed E-state index contributed by atoms with van der Waals surface area (Å²) in [4.78, 5) is 9.58. The van der Waals surface area contributed by atoms with Crippen LogP contribution in [0.4, 0.5) is 0 Å². The van der Waals surface area contributed by atoms with Gasteiger partial charge in [-0.05, 0) is 40.6 Å². The van der Waals surface area contributed by atoms with E-state index >= 15 is 0 Å². The molecule has 0 fully saturated rings. The predicted molar refractivity (Wildman–Crippen MR) is 113 cm³/mol. The van der Waals surface area contributed by atoms with E-state index in [1.165, 1.54) is 21.5 Å². The van der Waals surface area contributed by atoms with Gasteiger partial charge in [0.2, 0.25) is 0 Å². The van der Waals surface area contributed by atoms with Crippen LogP contribution >= 0.6 is 0 Å². The van der Waals surface area contributed by atoms with Gasteiger partial charge in [-0.25, -0.2) is 9.97 Å². The number of fused-ring (bicyclic) bond motifs is 3. The van der Waals surface area contributed by atoms with Crippen LogP contribution in [-0.4, -0.2) is 9.97 Å². The van der Waals surface area contributed by atoms with Gasteiger partial charge in [0.25, 0.3) is 0 Å². The van der Waals surface area contributed by atoms with Crippen molar-refractivity contribution in [2.45, 2.75) is 6.92 Å². The maximum Gasteiger partial charge on any atom is 0.160 e. The fourth-order valence-electron chi connectivity index (χ4n) is 3.69. The Labute approximate surface area is 158 Å². The summed E-state index contributed by atoms with van der Waals surface area (Å²) in [6.45, 7) is 2.03.